The minimum Gasteiger partial charge on any atom is -0.487 e. The lowest BCUT2D eigenvalue weighted by molar-refractivity contribution is -0.119. The van der Waals surface area contributed by atoms with Crippen LogP contribution in [0.5, 0.6) is 5.75 Å². The summed E-state index contributed by atoms with van der Waals surface area (Å²) in [5, 5.41) is 2.37. The van der Waals surface area contributed by atoms with Crippen molar-refractivity contribution in [1.29, 1.82) is 0 Å². The normalized spacial score (nSPS) is 21.1. The molecule has 0 spiro atoms. The number of urea groups is 1. The summed E-state index contributed by atoms with van der Waals surface area (Å²) in [4.78, 5) is 35.7. The largest absolute Gasteiger partial charge is 0.487 e. The van der Waals surface area contributed by atoms with Gasteiger partial charge in [0.1, 0.15) is 5.82 Å². The molecule has 3 atom stereocenters. The van der Waals surface area contributed by atoms with Gasteiger partial charge in [-0.1, -0.05) is 6.92 Å². The molecule has 3 amide bonds. The Labute approximate surface area is 213 Å². The molecule has 0 unspecified atom stereocenters. The Morgan fingerprint density at radius 2 is 1.76 bits per heavy atom. The number of anilines is 1. The molecule has 0 radical (unpaired) electrons. The number of nitrogens with zero attached hydrogens (tertiary/aromatic N) is 4. The molecule has 2 aliphatic heterocycles. The van der Waals surface area contributed by atoms with Crippen molar-refractivity contribution in [3.05, 3.63) is 47.5 Å². The Morgan fingerprint density at radius 3 is 2.41 bits per heavy atom. The summed E-state index contributed by atoms with van der Waals surface area (Å²) in [5.41, 5.74) is 6.21. The number of benzene rings is 1. The van der Waals surface area contributed by atoms with Crippen molar-refractivity contribution < 1.29 is 27.5 Å². The topological polar surface area (TPSA) is 114 Å². The van der Waals surface area contributed by atoms with Gasteiger partial charge in [-0.2, -0.15) is 0 Å². The fourth-order valence-corrected chi connectivity index (χ4v) is 4.85. The first-order chi connectivity index (χ1) is 17.7. The first kappa shape index (κ1) is 26.6. The molecule has 12 heteroatoms. The average Bonchev–Trinajstić information content (AvgIpc) is 3.27. The van der Waals surface area contributed by atoms with Gasteiger partial charge in [-0.05, 0) is 37.3 Å². The Kier molecular flexibility index (Phi) is 8.16. The summed E-state index contributed by atoms with van der Waals surface area (Å²) in [6.07, 6.45) is 4.69. The number of piperidine rings is 1. The minimum absolute atomic E-state index is 0.0307. The highest BCUT2D eigenvalue weighted by Crippen LogP contribution is 2.32. The van der Waals surface area contributed by atoms with Crippen LogP contribution in [0, 0.1) is 23.4 Å². The third-order valence-corrected chi connectivity index (χ3v) is 7.08. The third-order valence-electron chi connectivity index (χ3n) is 7.08. The number of rotatable bonds is 6. The molecule has 3 N–H and O–H groups in total. The second kappa shape index (κ2) is 11.3. The number of amides is 3. The summed E-state index contributed by atoms with van der Waals surface area (Å²) in [6, 6.07) is 0.529. The summed E-state index contributed by atoms with van der Waals surface area (Å²) in [5.74, 6) is -2.95. The highest BCUT2D eigenvalue weighted by molar-refractivity contribution is 5.94. The van der Waals surface area contributed by atoms with Crippen LogP contribution in [0.2, 0.25) is 0 Å². The zero-order chi connectivity index (χ0) is 26.7. The van der Waals surface area contributed by atoms with E-state index >= 15 is 0 Å². The number of carbonyl (C=O) groups excluding carboxylic acids is 2. The lowest BCUT2D eigenvalue weighted by Crippen LogP contribution is -2.47. The molecule has 0 aliphatic carbocycles. The van der Waals surface area contributed by atoms with Crippen LogP contribution in [-0.4, -0.2) is 65.1 Å². The van der Waals surface area contributed by atoms with Crippen LogP contribution in [0.15, 0.2) is 24.5 Å². The molecule has 2 saturated heterocycles. The van der Waals surface area contributed by atoms with E-state index in [1.807, 2.05) is 6.92 Å². The van der Waals surface area contributed by atoms with E-state index in [9.17, 15) is 22.8 Å². The number of halogens is 3. The molecule has 0 saturated carbocycles. The fraction of sp³-hybridized carbons (Fsp3) is 0.520. The van der Waals surface area contributed by atoms with Gasteiger partial charge < -0.3 is 20.3 Å². The molecule has 1 aromatic carbocycles. The number of nitrogens with two attached hydrogens (primary N) is 1. The molecule has 2 fully saturated rings. The predicted octanol–water partition coefficient (Wildman–Crippen LogP) is 2.95. The van der Waals surface area contributed by atoms with Crippen LogP contribution < -0.4 is 20.7 Å². The molecule has 2 aromatic rings. The van der Waals surface area contributed by atoms with Crippen LogP contribution in [0.25, 0.3) is 0 Å². The van der Waals surface area contributed by atoms with E-state index < -0.39 is 29.4 Å². The zero-order valence-electron chi connectivity index (χ0n) is 20.8. The van der Waals surface area contributed by atoms with Crippen molar-refractivity contribution in [3.63, 3.8) is 0 Å². The molecule has 200 valence electrons. The second-order valence-corrected chi connectivity index (χ2v) is 9.54. The first-order valence-electron chi connectivity index (χ1n) is 12.4. The number of carbonyl (C=O) groups is 2. The van der Waals surface area contributed by atoms with Gasteiger partial charge in [0, 0.05) is 50.6 Å². The molecule has 37 heavy (non-hydrogen) atoms. The van der Waals surface area contributed by atoms with Gasteiger partial charge in [-0.3, -0.25) is 10.1 Å². The van der Waals surface area contributed by atoms with Gasteiger partial charge in [0.15, 0.2) is 17.4 Å². The number of nitrogens with one attached hydrogen (secondary N) is 1. The van der Waals surface area contributed by atoms with Crippen LogP contribution in [0.1, 0.15) is 44.6 Å². The number of hydrogen-bond donors (Lipinski definition) is 2. The molecule has 4 rings (SSSR count). The van der Waals surface area contributed by atoms with E-state index in [1.54, 1.807) is 29.1 Å². The van der Waals surface area contributed by atoms with E-state index in [4.69, 9.17) is 10.5 Å². The molecular formula is C25H31F3N6O3. The lowest BCUT2D eigenvalue weighted by atomic mass is 9.92. The SMILES string of the molecule is CCC(=O)NC(=O)N1CCC([C@H](C)Oc2cnc(N3C[C@H](c4cc(F)c(F)cc4F)[C@@H](N)C3)nc2)CC1. The number of hydrogen-bond acceptors (Lipinski definition) is 7. The van der Waals surface area contributed by atoms with Gasteiger partial charge in [-0.25, -0.2) is 27.9 Å². The third kappa shape index (κ3) is 6.12. The van der Waals surface area contributed by atoms with Crippen molar-refractivity contribution in [2.24, 2.45) is 11.7 Å². The van der Waals surface area contributed by atoms with Gasteiger partial charge in [0.25, 0.3) is 0 Å². The number of imide groups is 1. The summed E-state index contributed by atoms with van der Waals surface area (Å²) in [7, 11) is 0. The molecule has 2 aliphatic rings. The first-order valence-corrected chi connectivity index (χ1v) is 12.4. The summed E-state index contributed by atoms with van der Waals surface area (Å²) < 4.78 is 47.3. The van der Waals surface area contributed by atoms with E-state index in [-0.39, 0.29) is 42.5 Å². The Morgan fingerprint density at radius 1 is 1.11 bits per heavy atom. The summed E-state index contributed by atoms with van der Waals surface area (Å²) >= 11 is 0. The van der Waals surface area contributed by atoms with Gasteiger partial charge >= 0.3 is 6.03 Å². The van der Waals surface area contributed by atoms with Crippen molar-refractivity contribution in [1.82, 2.24) is 20.2 Å². The van der Waals surface area contributed by atoms with Crippen molar-refractivity contribution >= 4 is 17.9 Å². The van der Waals surface area contributed by atoms with Crippen molar-refractivity contribution in [2.45, 2.75) is 51.2 Å². The monoisotopic (exact) mass is 520 g/mol. The van der Waals surface area contributed by atoms with Gasteiger partial charge in [0.2, 0.25) is 11.9 Å². The second-order valence-electron chi connectivity index (χ2n) is 9.54. The van der Waals surface area contributed by atoms with E-state index in [2.05, 4.69) is 15.3 Å². The van der Waals surface area contributed by atoms with Crippen molar-refractivity contribution in [3.8, 4) is 5.75 Å². The van der Waals surface area contributed by atoms with E-state index in [0.717, 1.165) is 18.9 Å². The molecule has 9 nitrogen and oxygen atoms in total. The standard InChI is InChI=1S/C25H31F3N6O3/c1-3-23(35)32-25(36)33-6-4-15(5-7-33)14(2)37-16-10-30-24(31-11-16)34-12-18(22(29)13-34)17-8-20(27)21(28)9-19(17)26/h8-11,14-15,18,22H,3-7,12-13,29H2,1-2H3,(H,32,35,36)/t14-,18+,22-/m0/s1. The molecule has 0 bridgehead atoms. The fourth-order valence-electron chi connectivity index (χ4n) is 4.85. The highest BCUT2D eigenvalue weighted by atomic mass is 19.2. The van der Waals surface area contributed by atoms with Crippen molar-refractivity contribution in [2.75, 3.05) is 31.1 Å². The van der Waals surface area contributed by atoms with Gasteiger partial charge in [0.05, 0.1) is 18.5 Å². The quantitative estimate of drug-likeness (QED) is 0.563. The minimum atomic E-state index is -1.24. The number of ether oxygens (including phenoxy) is 1. The Balaban J connectivity index is 1.31. The van der Waals surface area contributed by atoms with Crippen LogP contribution >= 0.6 is 0 Å². The number of aromatic nitrogens is 2. The van der Waals surface area contributed by atoms with Crippen LogP contribution in [0.3, 0.4) is 0 Å². The smallest absolute Gasteiger partial charge is 0.324 e. The maximum Gasteiger partial charge on any atom is 0.324 e. The Bertz CT molecular complexity index is 1130. The summed E-state index contributed by atoms with van der Waals surface area (Å²) in [6.45, 7) is 5.30. The average molecular weight is 521 g/mol. The molecule has 1 aromatic heterocycles. The lowest BCUT2D eigenvalue weighted by Gasteiger charge is -2.34. The van der Waals surface area contributed by atoms with Crippen LogP contribution in [-0.2, 0) is 4.79 Å². The highest BCUT2D eigenvalue weighted by Gasteiger charge is 2.35. The maximum absolute atomic E-state index is 14.3. The van der Waals surface area contributed by atoms with Gasteiger partial charge in [-0.15, -0.1) is 0 Å². The maximum atomic E-state index is 14.3. The Hall–Kier alpha value is -3.41. The number of likely N-dealkylation sites (tertiary alicyclic amines) is 1. The zero-order valence-corrected chi connectivity index (χ0v) is 20.8. The predicted molar refractivity (Wildman–Crippen MR) is 129 cm³/mol. The molecular weight excluding hydrogens is 489 g/mol. The van der Waals surface area contributed by atoms with Crippen LogP contribution in [0.4, 0.5) is 23.9 Å². The van der Waals surface area contributed by atoms with E-state index in [1.165, 1.54) is 0 Å². The molecule has 3 heterocycles. The van der Waals surface area contributed by atoms with E-state index in [0.29, 0.717) is 37.4 Å².